The largest absolute Gasteiger partial charge is 0.573 e. The lowest BCUT2D eigenvalue weighted by molar-refractivity contribution is -0.274. The lowest BCUT2D eigenvalue weighted by Gasteiger charge is -2.12. The SMILES string of the molecule is CSc1ccc(-c2c(CO)n(Cc3ccccc3Cl)c3ccc(OC(F)(F)F)cc23)cn1. The third kappa shape index (κ3) is 4.57. The van der Waals surface area contributed by atoms with E-state index in [1.54, 1.807) is 18.3 Å². The summed E-state index contributed by atoms with van der Waals surface area (Å²) in [7, 11) is 0. The number of benzene rings is 2. The molecule has 4 nitrogen and oxygen atoms in total. The van der Waals surface area contributed by atoms with Crippen LogP contribution in [0.4, 0.5) is 13.2 Å². The molecule has 0 amide bonds. The summed E-state index contributed by atoms with van der Waals surface area (Å²) in [5.74, 6) is -0.334. The topological polar surface area (TPSA) is 47.3 Å². The summed E-state index contributed by atoms with van der Waals surface area (Å²) in [4.78, 5) is 4.38. The Labute approximate surface area is 191 Å². The molecule has 0 aliphatic carbocycles. The number of hydrogen-bond donors (Lipinski definition) is 1. The molecule has 2 heterocycles. The summed E-state index contributed by atoms with van der Waals surface area (Å²) in [6.45, 7) is 0.00999. The first kappa shape index (κ1) is 22.5. The van der Waals surface area contributed by atoms with Crippen LogP contribution in [0.15, 0.2) is 65.8 Å². The van der Waals surface area contributed by atoms with Crippen molar-refractivity contribution in [2.45, 2.75) is 24.5 Å². The number of ether oxygens (including phenoxy) is 1. The first-order valence-corrected chi connectivity index (χ1v) is 11.2. The summed E-state index contributed by atoms with van der Waals surface area (Å²) in [5, 5.41) is 12.2. The van der Waals surface area contributed by atoms with Crippen molar-refractivity contribution in [3.63, 3.8) is 0 Å². The average Bonchev–Trinajstić information content (AvgIpc) is 3.06. The highest BCUT2D eigenvalue weighted by Crippen LogP contribution is 2.39. The molecule has 0 fully saturated rings. The minimum atomic E-state index is -4.81. The van der Waals surface area contributed by atoms with Gasteiger partial charge in [0.15, 0.2) is 0 Å². The Morgan fingerprint density at radius 3 is 2.53 bits per heavy atom. The van der Waals surface area contributed by atoms with Gasteiger partial charge in [0, 0.05) is 39.8 Å². The average molecular weight is 479 g/mol. The van der Waals surface area contributed by atoms with Crippen LogP contribution >= 0.6 is 23.4 Å². The van der Waals surface area contributed by atoms with Gasteiger partial charge in [0.1, 0.15) is 5.75 Å². The van der Waals surface area contributed by atoms with Crippen molar-refractivity contribution in [3.8, 4) is 16.9 Å². The Morgan fingerprint density at radius 2 is 1.91 bits per heavy atom. The van der Waals surface area contributed by atoms with E-state index < -0.39 is 6.36 Å². The van der Waals surface area contributed by atoms with E-state index in [9.17, 15) is 18.3 Å². The fraction of sp³-hybridized carbons (Fsp3) is 0.174. The monoisotopic (exact) mass is 478 g/mol. The second kappa shape index (κ2) is 9.05. The number of fused-ring (bicyclic) bond motifs is 1. The summed E-state index contributed by atoms with van der Waals surface area (Å²) >= 11 is 7.82. The van der Waals surface area contributed by atoms with Crippen LogP contribution in [0, 0.1) is 0 Å². The number of aliphatic hydroxyl groups excluding tert-OH is 1. The molecule has 0 spiro atoms. The lowest BCUT2D eigenvalue weighted by Crippen LogP contribution is -2.17. The van der Waals surface area contributed by atoms with Gasteiger partial charge in [-0.2, -0.15) is 0 Å². The molecule has 0 aliphatic rings. The number of hydrogen-bond acceptors (Lipinski definition) is 4. The molecule has 0 atom stereocenters. The van der Waals surface area contributed by atoms with Crippen molar-refractivity contribution < 1.29 is 23.0 Å². The predicted octanol–water partition coefficient (Wildman–Crippen LogP) is 6.52. The highest BCUT2D eigenvalue weighted by molar-refractivity contribution is 7.98. The van der Waals surface area contributed by atoms with E-state index in [2.05, 4.69) is 9.72 Å². The van der Waals surface area contributed by atoms with E-state index in [1.165, 1.54) is 23.9 Å². The van der Waals surface area contributed by atoms with E-state index in [0.717, 1.165) is 10.6 Å². The molecule has 32 heavy (non-hydrogen) atoms. The van der Waals surface area contributed by atoms with Gasteiger partial charge < -0.3 is 14.4 Å². The molecule has 4 rings (SSSR count). The van der Waals surface area contributed by atoms with Gasteiger partial charge in [-0.15, -0.1) is 24.9 Å². The second-order valence-electron chi connectivity index (χ2n) is 6.97. The van der Waals surface area contributed by atoms with E-state index in [-0.39, 0.29) is 12.4 Å². The molecule has 9 heteroatoms. The van der Waals surface area contributed by atoms with Gasteiger partial charge in [-0.05, 0) is 42.2 Å². The van der Waals surface area contributed by atoms with Crippen molar-refractivity contribution in [2.24, 2.45) is 0 Å². The molecule has 0 saturated heterocycles. The van der Waals surface area contributed by atoms with E-state index >= 15 is 0 Å². The van der Waals surface area contributed by atoms with Crippen LogP contribution in [0.1, 0.15) is 11.3 Å². The molecule has 0 aliphatic heterocycles. The molecule has 2 aromatic heterocycles. The summed E-state index contributed by atoms with van der Waals surface area (Å²) < 4.78 is 44.5. The van der Waals surface area contributed by atoms with Gasteiger partial charge in [0.05, 0.1) is 17.3 Å². The number of pyridine rings is 1. The third-order valence-electron chi connectivity index (χ3n) is 5.05. The van der Waals surface area contributed by atoms with Gasteiger partial charge in [0.25, 0.3) is 0 Å². The minimum absolute atomic E-state index is 0.325. The van der Waals surface area contributed by atoms with Gasteiger partial charge in [-0.25, -0.2) is 4.98 Å². The Bertz CT molecular complexity index is 1260. The van der Waals surface area contributed by atoms with Crippen molar-refractivity contribution in [1.82, 2.24) is 9.55 Å². The number of alkyl halides is 3. The van der Waals surface area contributed by atoms with Crippen molar-refractivity contribution in [2.75, 3.05) is 6.26 Å². The maximum Gasteiger partial charge on any atom is 0.573 e. The van der Waals surface area contributed by atoms with Crippen LogP contribution in [0.25, 0.3) is 22.0 Å². The molecular weight excluding hydrogens is 461 g/mol. The van der Waals surface area contributed by atoms with Crippen LogP contribution in [0.5, 0.6) is 5.75 Å². The van der Waals surface area contributed by atoms with Gasteiger partial charge >= 0.3 is 6.36 Å². The highest BCUT2D eigenvalue weighted by atomic mass is 35.5. The van der Waals surface area contributed by atoms with Crippen molar-refractivity contribution >= 4 is 34.3 Å². The summed E-state index contributed by atoms with van der Waals surface area (Å²) in [6.07, 6.45) is -1.26. The van der Waals surface area contributed by atoms with Crippen LogP contribution in [0.2, 0.25) is 5.02 Å². The molecule has 2 aromatic carbocycles. The number of nitrogens with zero attached hydrogens (tertiary/aromatic N) is 2. The van der Waals surface area contributed by atoms with Crippen molar-refractivity contribution in [1.29, 1.82) is 0 Å². The van der Waals surface area contributed by atoms with Gasteiger partial charge in [-0.3, -0.25) is 0 Å². The molecule has 0 bridgehead atoms. The van der Waals surface area contributed by atoms with E-state index in [1.807, 2.05) is 41.2 Å². The lowest BCUT2D eigenvalue weighted by atomic mass is 10.0. The molecule has 166 valence electrons. The van der Waals surface area contributed by atoms with Crippen LogP contribution in [-0.2, 0) is 13.2 Å². The van der Waals surface area contributed by atoms with E-state index in [4.69, 9.17) is 11.6 Å². The number of halogens is 4. The third-order valence-corrected chi connectivity index (χ3v) is 6.07. The standard InChI is InChI=1S/C23H18ClF3N2O2S/c1-32-21-9-6-14(11-28-21)22-17-10-16(31-23(25,26)27)7-8-19(17)29(20(22)13-30)12-15-4-2-3-5-18(15)24/h2-11,30H,12-13H2,1H3. The molecule has 4 aromatic rings. The normalized spacial score (nSPS) is 11.8. The Hall–Kier alpha value is -2.68. The summed E-state index contributed by atoms with van der Waals surface area (Å²) in [5.41, 5.74) is 3.29. The quantitative estimate of drug-likeness (QED) is 0.320. The molecule has 1 N–H and O–H groups in total. The maximum absolute atomic E-state index is 12.8. The van der Waals surface area contributed by atoms with Gasteiger partial charge in [0.2, 0.25) is 0 Å². The van der Waals surface area contributed by atoms with Crippen molar-refractivity contribution in [3.05, 3.63) is 77.1 Å². The first-order valence-electron chi connectivity index (χ1n) is 9.56. The fourth-order valence-electron chi connectivity index (χ4n) is 3.70. The van der Waals surface area contributed by atoms with Gasteiger partial charge in [-0.1, -0.05) is 35.9 Å². The number of rotatable bonds is 6. The van der Waals surface area contributed by atoms with Crippen LogP contribution < -0.4 is 4.74 Å². The molecule has 0 saturated carbocycles. The minimum Gasteiger partial charge on any atom is -0.406 e. The number of aliphatic hydroxyl groups is 1. The first-order chi connectivity index (χ1) is 15.3. The predicted molar refractivity (Wildman–Crippen MR) is 120 cm³/mol. The van der Waals surface area contributed by atoms with Crippen LogP contribution in [-0.4, -0.2) is 27.3 Å². The Kier molecular flexibility index (Phi) is 6.37. The van der Waals surface area contributed by atoms with E-state index in [0.29, 0.717) is 39.3 Å². The Balaban J connectivity index is 1.95. The molecule has 0 unspecified atom stereocenters. The van der Waals surface area contributed by atoms with Crippen LogP contribution in [0.3, 0.4) is 0 Å². The fourth-order valence-corrected chi connectivity index (χ4v) is 4.25. The zero-order valence-corrected chi connectivity index (χ0v) is 18.4. The number of aromatic nitrogens is 2. The second-order valence-corrected chi connectivity index (χ2v) is 8.21. The highest BCUT2D eigenvalue weighted by Gasteiger charge is 2.31. The zero-order chi connectivity index (χ0) is 22.9. The zero-order valence-electron chi connectivity index (χ0n) is 16.9. The molecule has 0 radical (unpaired) electrons. The summed E-state index contributed by atoms with van der Waals surface area (Å²) in [6, 6.07) is 15.1. The smallest absolute Gasteiger partial charge is 0.406 e. The Morgan fingerprint density at radius 1 is 1.12 bits per heavy atom. The molecular formula is C23H18ClF3N2O2S. The number of thioether (sulfide) groups is 1. The maximum atomic E-state index is 12.8.